The number of nitrogens with zero attached hydrogens (tertiary/aromatic N) is 2. The summed E-state index contributed by atoms with van der Waals surface area (Å²) in [5.74, 6) is 0.926. The molecule has 2 amide bonds. The summed E-state index contributed by atoms with van der Waals surface area (Å²) in [6.07, 6.45) is 6.83. The van der Waals surface area contributed by atoms with E-state index in [1.807, 2.05) is 0 Å². The van der Waals surface area contributed by atoms with Gasteiger partial charge in [-0.3, -0.25) is 0 Å². The molecule has 31 heavy (non-hydrogen) atoms. The van der Waals surface area contributed by atoms with Crippen molar-refractivity contribution in [1.82, 2.24) is 10.3 Å². The van der Waals surface area contributed by atoms with Gasteiger partial charge in [-0.2, -0.15) is 5.10 Å². The summed E-state index contributed by atoms with van der Waals surface area (Å²) in [4.78, 5) is 13.3. The van der Waals surface area contributed by atoms with Crippen LogP contribution in [0.4, 0.5) is 4.79 Å². The van der Waals surface area contributed by atoms with Crippen molar-refractivity contribution >= 4 is 33.2 Å². The number of fused-ring (bicyclic) bond motifs is 3. The van der Waals surface area contributed by atoms with Gasteiger partial charge in [-0.15, -0.1) is 11.3 Å². The van der Waals surface area contributed by atoms with E-state index in [9.17, 15) is 4.79 Å². The standard InChI is InChI=1S/C26H35N3OS/c1-5-6-10-21-19(20-16-31-22-11-8-7-9-18(20)22)15-29(28-21)24(30)27-23-14-17-12-13-26(23,4)25(17,2)3/h7-9,11,16-17,19,23H,5-6,10,12-15H2,1-4H3,(H,27,30). The molecule has 4 nitrogen and oxygen atoms in total. The number of carbonyl (C=O) groups is 1. The van der Waals surface area contributed by atoms with E-state index >= 15 is 0 Å². The Morgan fingerprint density at radius 3 is 2.81 bits per heavy atom. The summed E-state index contributed by atoms with van der Waals surface area (Å²) in [5.41, 5.74) is 2.98. The molecular weight excluding hydrogens is 402 g/mol. The number of carbonyl (C=O) groups excluding carboxylic acids is 1. The van der Waals surface area contributed by atoms with E-state index in [-0.39, 0.29) is 23.4 Å². The second-order valence-corrected chi connectivity index (χ2v) is 11.5. The average molecular weight is 438 g/mol. The molecule has 0 spiro atoms. The van der Waals surface area contributed by atoms with Crippen molar-refractivity contribution in [2.24, 2.45) is 21.8 Å². The molecule has 2 aromatic rings. The first kappa shape index (κ1) is 21.0. The lowest BCUT2D eigenvalue weighted by Crippen LogP contribution is -2.50. The fraction of sp³-hybridized carbons (Fsp3) is 0.615. The Hall–Kier alpha value is -1.88. The summed E-state index contributed by atoms with van der Waals surface area (Å²) in [7, 11) is 0. The highest BCUT2D eigenvalue weighted by Gasteiger charge is 2.61. The zero-order valence-electron chi connectivity index (χ0n) is 19.3. The Morgan fingerprint density at radius 2 is 2.10 bits per heavy atom. The summed E-state index contributed by atoms with van der Waals surface area (Å²) < 4.78 is 1.31. The number of hydrazone groups is 1. The highest BCUT2D eigenvalue weighted by atomic mass is 32.1. The normalized spacial score (nSPS) is 31.4. The molecule has 1 aromatic carbocycles. The van der Waals surface area contributed by atoms with Crippen molar-refractivity contribution in [3.8, 4) is 0 Å². The predicted octanol–water partition coefficient (Wildman–Crippen LogP) is 6.77. The van der Waals surface area contributed by atoms with Gasteiger partial charge in [0.05, 0.1) is 6.54 Å². The molecule has 0 saturated heterocycles. The Bertz CT molecular complexity index is 1020. The number of thiophene rings is 1. The Balaban J connectivity index is 1.36. The predicted molar refractivity (Wildman–Crippen MR) is 130 cm³/mol. The molecule has 2 fully saturated rings. The second-order valence-electron chi connectivity index (χ2n) is 10.6. The van der Waals surface area contributed by atoms with Crippen LogP contribution in [0.1, 0.15) is 77.7 Å². The molecule has 1 aromatic heterocycles. The lowest BCUT2D eigenvalue weighted by atomic mass is 9.69. The smallest absolute Gasteiger partial charge is 0.333 e. The van der Waals surface area contributed by atoms with Crippen LogP contribution in [-0.4, -0.2) is 29.3 Å². The van der Waals surface area contributed by atoms with Crippen LogP contribution in [0, 0.1) is 16.7 Å². The third-order valence-electron chi connectivity index (χ3n) is 9.01. The van der Waals surface area contributed by atoms with Gasteiger partial charge in [-0.1, -0.05) is 52.3 Å². The quantitative estimate of drug-likeness (QED) is 0.551. The molecular formula is C26H35N3OS. The Labute approximate surface area is 190 Å². The molecule has 5 rings (SSSR count). The molecule has 1 N–H and O–H groups in total. The minimum atomic E-state index is -0.00870. The molecule has 1 aliphatic heterocycles. The topological polar surface area (TPSA) is 44.7 Å². The number of urea groups is 1. The van der Waals surface area contributed by atoms with E-state index in [2.05, 4.69) is 62.7 Å². The summed E-state index contributed by atoms with van der Waals surface area (Å²) >= 11 is 1.80. The van der Waals surface area contributed by atoms with Crippen molar-refractivity contribution in [2.45, 2.75) is 78.2 Å². The number of amides is 2. The van der Waals surface area contributed by atoms with Crippen molar-refractivity contribution in [1.29, 1.82) is 0 Å². The van der Waals surface area contributed by atoms with Gasteiger partial charge in [0.1, 0.15) is 0 Å². The van der Waals surface area contributed by atoms with Crippen LogP contribution in [0.3, 0.4) is 0 Å². The van der Waals surface area contributed by atoms with Crippen molar-refractivity contribution in [3.63, 3.8) is 0 Å². The highest BCUT2D eigenvalue weighted by molar-refractivity contribution is 7.17. The maximum Gasteiger partial charge on any atom is 0.338 e. The first-order valence-corrected chi connectivity index (χ1v) is 12.8. The molecule has 2 saturated carbocycles. The molecule has 2 bridgehead atoms. The van der Waals surface area contributed by atoms with E-state index in [4.69, 9.17) is 5.10 Å². The van der Waals surface area contributed by atoms with Crippen LogP contribution in [0.25, 0.3) is 10.1 Å². The van der Waals surface area contributed by atoms with Gasteiger partial charge >= 0.3 is 6.03 Å². The molecule has 3 aliphatic rings. The van der Waals surface area contributed by atoms with Crippen molar-refractivity contribution in [2.75, 3.05) is 6.54 Å². The largest absolute Gasteiger partial charge is 0.338 e. The Morgan fingerprint density at radius 1 is 1.29 bits per heavy atom. The monoisotopic (exact) mass is 437 g/mol. The Kier molecular flexibility index (Phi) is 5.16. The van der Waals surface area contributed by atoms with Gasteiger partial charge in [-0.25, -0.2) is 9.80 Å². The molecule has 0 radical (unpaired) electrons. The number of rotatable bonds is 5. The summed E-state index contributed by atoms with van der Waals surface area (Å²) in [6.45, 7) is 10.0. The van der Waals surface area contributed by atoms with Crippen molar-refractivity contribution < 1.29 is 4.79 Å². The van der Waals surface area contributed by atoms with Crippen LogP contribution < -0.4 is 5.32 Å². The minimum absolute atomic E-state index is 0.00870. The van der Waals surface area contributed by atoms with E-state index in [1.54, 1.807) is 16.3 Å². The zero-order chi connectivity index (χ0) is 21.8. The third kappa shape index (κ3) is 3.23. The fourth-order valence-corrected chi connectivity index (χ4v) is 7.46. The van der Waals surface area contributed by atoms with Crippen LogP contribution in [0.15, 0.2) is 34.7 Å². The van der Waals surface area contributed by atoms with E-state index in [0.29, 0.717) is 12.0 Å². The molecule has 5 heteroatoms. The van der Waals surface area contributed by atoms with Gasteiger partial charge in [0.2, 0.25) is 0 Å². The van der Waals surface area contributed by atoms with E-state index < -0.39 is 0 Å². The van der Waals surface area contributed by atoms with Crippen LogP contribution in [0.2, 0.25) is 0 Å². The van der Waals surface area contributed by atoms with Gasteiger partial charge in [0, 0.05) is 22.4 Å². The number of hydrogen-bond donors (Lipinski definition) is 1. The molecule has 2 aliphatic carbocycles. The third-order valence-corrected chi connectivity index (χ3v) is 9.99. The maximum absolute atomic E-state index is 13.3. The molecule has 2 heterocycles. The lowest BCUT2D eigenvalue weighted by Gasteiger charge is -2.39. The van der Waals surface area contributed by atoms with Crippen LogP contribution in [-0.2, 0) is 0 Å². The number of benzene rings is 1. The van der Waals surface area contributed by atoms with Crippen molar-refractivity contribution in [3.05, 3.63) is 35.2 Å². The van der Waals surface area contributed by atoms with E-state index in [0.717, 1.165) is 31.6 Å². The SMILES string of the molecule is CCCCC1=NN(C(=O)NC2CC3CCC2(C)C3(C)C)CC1c1csc2ccccc12. The van der Waals surface area contributed by atoms with Gasteiger partial charge < -0.3 is 5.32 Å². The lowest BCUT2D eigenvalue weighted by molar-refractivity contribution is 0.118. The second kappa shape index (κ2) is 7.61. The van der Waals surface area contributed by atoms with Crippen LogP contribution >= 0.6 is 11.3 Å². The van der Waals surface area contributed by atoms with Gasteiger partial charge in [-0.05, 0) is 71.2 Å². The number of unbranched alkanes of at least 4 members (excludes halogenated alkanes) is 1. The molecule has 166 valence electrons. The average Bonchev–Trinajstić information content (AvgIpc) is 3.46. The number of hydrogen-bond acceptors (Lipinski definition) is 3. The molecule has 4 unspecified atom stereocenters. The minimum Gasteiger partial charge on any atom is -0.333 e. The van der Waals surface area contributed by atoms with Crippen LogP contribution in [0.5, 0.6) is 0 Å². The first-order chi connectivity index (χ1) is 14.8. The summed E-state index contributed by atoms with van der Waals surface area (Å²) in [6, 6.07) is 8.84. The summed E-state index contributed by atoms with van der Waals surface area (Å²) in [5, 5.41) is 13.6. The van der Waals surface area contributed by atoms with Gasteiger partial charge in [0.25, 0.3) is 0 Å². The zero-order valence-corrected chi connectivity index (χ0v) is 20.1. The van der Waals surface area contributed by atoms with Gasteiger partial charge in [0.15, 0.2) is 0 Å². The number of nitrogens with one attached hydrogen (secondary N) is 1. The fourth-order valence-electron chi connectivity index (χ4n) is 6.45. The highest BCUT2D eigenvalue weighted by Crippen LogP contribution is 2.65. The first-order valence-electron chi connectivity index (χ1n) is 12.0. The van der Waals surface area contributed by atoms with E-state index in [1.165, 1.54) is 34.2 Å². The molecule has 4 atom stereocenters. The maximum atomic E-state index is 13.3.